The minimum absolute atomic E-state index is 0.0379. The first-order valence-electron chi connectivity index (χ1n) is 17.5. The summed E-state index contributed by atoms with van der Waals surface area (Å²) in [5.74, 6) is -1.56. The van der Waals surface area contributed by atoms with Crippen molar-refractivity contribution in [2.75, 3.05) is 7.11 Å². The number of rotatable bonds is 7. The molecular formula is C41H44FNO8. The predicted octanol–water partition coefficient (Wildman–Crippen LogP) is 7.67. The molecule has 3 heterocycles. The summed E-state index contributed by atoms with van der Waals surface area (Å²) >= 11 is 0. The monoisotopic (exact) mass is 697 g/mol. The van der Waals surface area contributed by atoms with Crippen LogP contribution in [0.4, 0.5) is 4.39 Å². The van der Waals surface area contributed by atoms with Gasteiger partial charge in [0.1, 0.15) is 34.6 Å². The Labute approximate surface area is 296 Å². The molecule has 9 atom stereocenters. The van der Waals surface area contributed by atoms with Crippen molar-refractivity contribution in [2.24, 2.45) is 23.2 Å². The first kappa shape index (κ1) is 35.0. The van der Waals surface area contributed by atoms with E-state index in [0.717, 1.165) is 16.7 Å². The molecule has 9 unspecified atom stereocenters. The molecule has 2 saturated carbocycles. The molecule has 2 aromatic heterocycles. The molecule has 2 aliphatic carbocycles. The third kappa shape index (κ3) is 6.07. The maximum Gasteiger partial charge on any atom is 0.345 e. The Balaban J connectivity index is 1.27. The van der Waals surface area contributed by atoms with E-state index in [0.29, 0.717) is 24.8 Å². The van der Waals surface area contributed by atoms with Crippen molar-refractivity contribution in [3.05, 3.63) is 117 Å². The average Bonchev–Trinajstić information content (AvgIpc) is 3.09. The van der Waals surface area contributed by atoms with Crippen LogP contribution in [0, 0.1) is 42.8 Å². The largest absolute Gasteiger partial charge is 0.482 e. The summed E-state index contributed by atoms with van der Waals surface area (Å²) in [6.45, 7) is 10.2. The van der Waals surface area contributed by atoms with Gasteiger partial charge in [0.2, 0.25) is 0 Å². The van der Waals surface area contributed by atoms with Gasteiger partial charge in [0.25, 0.3) is 0 Å². The normalized spacial score (nSPS) is 30.3. The quantitative estimate of drug-likeness (QED) is 0.153. The number of halogens is 1. The molecule has 0 spiro atoms. The topological polar surface area (TPSA) is 117 Å². The molecule has 1 N–H and O–H groups in total. The van der Waals surface area contributed by atoms with Crippen molar-refractivity contribution in [3.8, 4) is 17.1 Å². The van der Waals surface area contributed by atoms with Crippen molar-refractivity contribution in [1.82, 2.24) is 4.98 Å². The van der Waals surface area contributed by atoms with Crippen LogP contribution in [-0.4, -0.2) is 41.0 Å². The molecule has 9 nitrogen and oxygen atoms in total. The molecule has 4 aromatic rings. The lowest BCUT2D eigenvalue weighted by atomic mass is 9.46. The maximum absolute atomic E-state index is 13.8. The lowest BCUT2D eigenvalue weighted by Gasteiger charge is -2.64. The molecule has 10 heteroatoms. The number of hydrogen-bond acceptors (Lipinski definition) is 9. The van der Waals surface area contributed by atoms with Crippen molar-refractivity contribution in [2.45, 2.75) is 84.1 Å². The minimum atomic E-state index is -1.29. The second kappa shape index (κ2) is 13.3. The number of aliphatic hydroxyl groups excluding tert-OH is 1. The highest BCUT2D eigenvalue weighted by atomic mass is 19.1. The summed E-state index contributed by atoms with van der Waals surface area (Å²) in [4.78, 5) is 31.5. The molecule has 2 aromatic carbocycles. The van der Waals surface area contributed by atoms with Gasteiger partial charge in [-0.1, -0.05) is 37.6 Å². The van der Waals surface area contributed by atoms with Crippen LogP contribution in [0.5, 0.6) is 5.75 Å². The summed E-state index contributed by atoms with van der Waals surface area (Å²) < 4.78 is 45.3. The van der Waals surface area contributed by atoms with Gasteiger partial charge in [-0.15, -0.1) is 0 Å². The van der Waals surface area contributed by atoms with Crippen LogP contribution in [0.1, 0.15) is 85.0 Å². The van der Waals surface area contributed by atoms with E-state index in [4.69, 9.17) is 23.4 Å². The highest BCUT2D eigenvalue weighted by molar-refractivity contribution is 5.89. The highest BCUT2D eigenvalue weighted by Gasteiger charge is 2.68. The van der Waals surface area contributed by atoms with E-state index < -0.39 is 52.8 Å². The van der Waals surface area contributed by atoms with Gasteiger partial charge in [0, 0.05) is 42.6 Å². The number of ether oxygens (including phenoxy) is 4. The van der Waals surface area contributed by atoms with E-state index in [1.165, 1.54) is 24.3 Å². The Morgan fingerprint density at radius 3 is 2.55 bits per heavy atom. The number of carbonyl (C=O) groups is 1. The van der Waals surface area contributed by atoms with E-state index >= 15 is 0 Å². The summed E-state index contributed by atoms with van der Waals surface area (Å²) in [7, 11) is 1.64. The van der Waals surface area contributed by atoms with Crippen molar-refractivity contribution >= 4 is 5.97 Å². The van der Waals surface area contributed by atoms with Crippen molar-refractivity contribution < 1.29 is 37.7 Å². The van der Waals surface area contributed by atoms with Crippen molar-refractivity contribution in [3.63, 3.8) is 0 Å². The van der Waals surface area contributed by atoms with Crippen LogP contribution < -0.4 is 10.4 Å². The zero-order valence-electron chi connectivity index (χ0n) is 29.7. The van der Waals surface area contributed by atoms with Crippen LogP contribution in [0.3, 0.4) is 0 Å². The number of methoxy groups -OCH3 is 1. The third-order valence-corrected chi connectivity index (χ3v) is 11.8. The number of fused-ring (bicyclic) bond motifs is 4. The number of benzene rings is 2. The molecule has 7 rings (SSSR count). The fourth-order valence-electron chi connectivity index (χ4n) is 9.29. The molecule has 51 heavy (non-hydrogen) atoms. The number of aliphatic hydroxyl groups is 1. The molecule has 0 bridgehead atoms. The summed E-state index contributed by atoms with van der Waals surface area (Å²) in [5.41, 5.74) is 1.45. The zero-order valence-corrected chi connectivity index (χ0v) is 29.7. The Bertz CT molecular complexity index is 1980. The fraction of sp³-hybridized carbons (Fsp3) is 0.439. The van der Waals surface area contributed by atoms with Gasteiger partial charge >= 0.3 is 11.6 Å². The van der Waals surface area contributed by atoms with Crippen LogP contribution in [0.2, 0.25) is 0 Å². The maximum atomic E-state index is 13.8. The van der Waals surface area contributed by atoms with E-state index in [2.05, 4.69) is 24.9 Å². The van der Waals surface area contributed by atoms with Gasteiger partial charge in [-0.3, -0.25) is 4.98 Å². The standard InChI is InChI=1S/C41H44FNO8/c1-22-9-14-28(23(2)18-22)39(47-6)49-30-15-16-40(4)29(24(30)3)19-33(50-37(45)25-10-12-27(42)13-11-25)41(5)36(40)35(44)34-32(51-41)20-31(48-38(34)46)26-8-7-17-43-21-26/h7-14,17-18,20-21,24,29-30,33,35-36,39,44H,15-16,19H2,1-6H3. The van der Waals surface area contributed by atoms with E-state index in [9.17, 15) is 19.1 Å². The fourth-order valence-corrected chi connectivity index (χ4v) is 9.29. The highest BCUT2D eigenvalue weighted by Crippen LogP contribution is 2.65. The lowest BCUT2D eigenvalue weighted by Crippen LogP contribution is -2.69. The minimum Gasteiger partial charge on any atom is -0.482 e. The third-order valence-electron chi connectivity index (χ3n) is 11.8. The van der Waals surface area contributed by atoms with Gasteiger partial charge in [-0.25, -0.2) is 14.0 Å². The van der Waals surface area contributed by atoms with Crippen LogP contribution in [-0.2, 0) is 14.2 Å². The van der Waals surface area contributed by atoms with E-state index in [1.807, 2.05) is 32.9 Å². The first-order chi connectivity index (χ1) is 24.3. The Morgan fingerprint density at radius 2 is 1.86 bits per heavy atom. The SMILES string of the molecule is COC(OC1CCC2(C)C(CC(OC(=O)c3ccc(F)cc3)C3(C)Oc4cc(-c5cccnc5)oc(=O)c4C(O)C23)C1C)c1ccc(C)cc1C. The average molecular weight is 698 g/mol. The zero-order chi connectivity index (χ0) is 36.2. The molecule has 1 aliphatic heterocycles. The van der Waals surface area contributed by atoms with Gasteiger partial charge < -0.3 is 28.5 Å². The van der Waals surface area contributed by atoms with Crippen LogP contribution in [0.25, 0.3) is 11.3 Å². The second-order valence-electron chi connectivity index (χ2n) is 14.9. The molecule has 3 aliphatic rings. The summed E-state index contributed by atoms with van der Waals surface area (Å²) in [6, 6.07) is 16.4. The number of pyridine rings is 1. The molecular weight excluding hydrogens is 653 g/mol. The number of hydrogen-bond donors (Lipinski definition) is 1. The van der Waals surface area contributed by atoms with Gasteiger partial charge in [0.05, 0.1) is 17.8 Å². The predicted molar refractivity (Wildman–Crippen MR) is 186 cm³/mol. The molecule has 0 radical (unpaired) electrons. The van der Waals surface area contributed by atoms with Crippen molar-refractivity contribution in [1.29, 1.82) is 0 Å². The van der Waals surface area contributed by atoms with E-state index in [-0.39, 0.29) is 40.6 Å². The summed E-state index contributed by atoms with van der Waals surface area (Å²) in [6.07, 6.45) is 1.96. The Morgan fingerprint density at radius 1 is 1.10 bits per heavy atom. The number of carbonyl (C=O) groups excluding carboxylic acids is 1. The van der Waals surface area contributed by atoms with Gasteiger partial charge in [-0.2, -0.15) is 0 Å². The van der Waals surface area contributed by atoms with E-state index in [1.54, 1.807) is 37.7 Å². The second-order valence-corrected chi connectivity index (χ2v) is 14.9. The smallest absolute Gasteiger partial charge is 0.345 e. The Hall–Kier alpha value is -4.38. The van der Waals surface area contributed by atoms with Crippen LogP contribution in [0.15, 0.2) is 82.3 Å². The number of aromatic nitrogens is 1. The van der Waals surface area contributed by atoms with Crippen LogP contribution >= 0.6 is 0 Å². The van der Waals surface area contributed by atoms with Gasteiger partial charge in [-0.05, 0) is 99.2 Å². The lowest BCUT2D eigenvalue weighted by molar-refractivity contribution is -0.258. The molecule has 2 fully saturated rings. The number of aryl methyl sites for hydroxylation is 2. The van der Waals surface area contributed by atoms with Gasteiger partial charge in [0.15, 0.2) is 6.29 Å². The molecule has 0 amide bonds. The molecule has 268 valence electrons. The summed E-state index contributed by atoms with van der Waals surface area (Å²) in [5, 5.41) is 12.3. The number of esters is 1. The Kier molecular flexibility index (Phi) is 9.14. The number of nitrogens with zero attached hydrogens (tertiary/aromatic N) is 1. The first-order valence-corrected chi connectivity index (χ1v) is 17.5. The molecule has 0 saturated heterocycles.